The predicted octanol–water partition coefficient (Wildman–Crippen LogP) is 0.881. The quantitative estimate of drug-likeness (QED) is 0.869. The van der Waals surface area contributed by atoms with Crippen LogP contribution < -0.4 is 0 Å². The number of carbonyl (C=O) groups excluding carboxylic acids is 1. The van der Waals surface area contributed by atoms with Crippen LogP contribution in [0.2, 0.25) is 0 Å². The lowest BCUT2D eigenvalue weighted by molar-refractivity contribution is -0.139. The van der Waals surface area contributed by atoms with E-state index >= 15 is 0 Å². The van der Waals surface area contributed by atoms with Crippen LogP contribution in [0.5, 0.6) is 0 Å². The van der Waals surface area contributed by atoms with Crippen LogP contribution >= 0.6 is 0 Å². The largest absolute Gasteiger partial charge is 0.481 e. The Morgan fingerprint density at radius 3 is 2.91 bits per heavy atom. The van der Waals surface area contributed by atoms with Crippen molar-refractivity contribution >= 4 is 22.7 Å². The summed E-state index contributed by atoms with van der Waals surface area (Å²) in [7, 11) is -0.980. The van der Waals surface area contributed by atoms with Gasteiger partial charge < -0.3 is 14.7 Å². The summed E-state index contributed by atoms with van der Waals surface area (Å²) in [4.78, 5) is 25.1. The normalized spacial score (nSPS) is 19.7. The first-order chi connectivity index (χ1) is 10.5. The fourth-order valence-corrected chi connectivity index (χ4v) is 3.14. The van der Waals surface area contributed by atoms with E-state index in [1.165, 1.54) is 0 Å². The van der Waals surface area contributed by atoms with Crippen LogP contribution in [0.25, 0.3) is 0 Å². The third-order valence-electron chi connectivity index (χ3n) is 3.44. The van der Waals surface area contributed by atoms with E-state index in [4.69, 9.17) is 9.84 Å². The summed E-state index contributed by atoms with van der Waals surface area (Å²) < 4.78 is 16.6. The molecule has 0 bridgehead atoms. The summed E-state index contributed by atoms with van der Waals surface area (Å²) >= 11 is 0. The number of aliphatic carboxylic acids is 1. The summed E-state index contributed by atoms with van der Waals surface area (Å²) in [5, 5.41) is 8.95. The molecule has 0 radical (unpaired) electrons. The first kappa shape index (κ1) is 16.6. The Bertz CT molecular complexity index is 589. The molecule has 1 amide bonds. The number of carboxylic acid groups (broad SMARTS) is 1. The lowest BCUT2D eigenvalue weighted by Crippen LogP contribution is -2.49. The fourth-order valence-electron chi connectivity index (χ4n) is 2.49. The smallest absolute Gasteiger partial charge is 0.305 e. The fraction of sp³-hybridized carbons (Fsp3) is 0.467. The molecule has 120 valence electrons. The third-order valence-corrected chi connectivity index (χ3v) is 4.18. The summed E-state index contributed by atoms with van der Waals surface area (Å²) in [6, 6.07) is 6.53. The second kappa shape index (κ2) is 7.51. The van der Waals surface area contributed by atoms with Gasteiger partial charge in [-0.3, -0.25) is 13.8 Å². The van der Waals surface area contributed by atoms with Crippen LogP contribution in [-0.4, -0.2) is 58.1 Å². The van der Waals surface area contributed by atoms with E-state index in [1.54, 1.807) is 29.4 Å². The van der Waals surface area contributed by atoms with Crippen molar-refractivity contribution in [2.75, 3.05) is 26.0 Å². The van der Waals surface area contributed by atoms with Gasteiger partial charge in [0.05, 0.1) is 25.7 Å². The maximum atomic E-state index is 12.6. The van der Waals surface area contributed by atoms with Crippen molar-refractivity contribution in [3.63, 3.8) is 0 Å². The SMILES string of the molecule is CS(=O)Cc1cccc(C(=O)N2CCOCC2CC(=O)O)c1. The Morgan fingerprint density at radius 1 is 1.45 bits per heavy atom. The average molecular weight is 325 g/mol. The van der Waals surface area contributed by atoms with Crippen LogP contribution in [0.15, 0.2) is 24.3 Å². The topological polar surface area (TPSA) is 83.9 Å². The molecule has 0 aliphatic carbocycles. The lowest BCUT2D eigenvalue weighted by atomic mass is 10.1. The van der Waals surface area contributed by atoms with Gasteiger partial charge in [0, 0.05) is 34.9 Å². The van der Waals surface area contributed by atoms with Gasteiger partial charge in [-0.25, -0.2) is 0 Å². The van der Waals surface area contributed by atoms with E-state index in [-0.39, 0.29) is 18.9 Å². The zero-order valence-corrected chi connectivity index (χ0v) is 13.2. The lowest BCUT2D eigenvalue weighted by Gasteiger charge is -2.35. The van der Waals surface area contributed by atoms with E-state index in [0.29, 0.717) is 24.5 Å². The van der Waals surface area contributed by atoms with Gasteiger partial charge in [-0.05, 0) is 17.7 Å². The molecule has 1 aliphatic rings. The summed E-state index contributed by atoms with van der Waals surface area (Å²) in [6.45, 7) is 1.01. The predicted molar refractivity (Wildman–Crippen MR) is 82.1 cm³/mol. The van der Waals surface area contributed by atoms with Gasteiger partial charge >= 0.3 is 5.97 Å². The van der Waals surface area contributed by atoms with E-state index in [1.807, 2.05) is 6.07 Å². The van der Waals surface area contributed by atoms with Crippen molar-refractivity contribution in [3.05, 3.63) is 35.4 Å². The number of benzene rings is 1. The van der Waals surface area contributed by atoms with Crippen molar-refractivity contribution in [2.24, 2.45) is 0 Å². The molecule has 0 saturated carbocycles. The number of nitrogens with zero attached hydrogens (tertiary/aromatic N) is 1. The minimum atomic E-state index is -0.980. The number of morpholine rings is 1. The van der Waals surface area contributed by atoms with Crippen molar-refractivity contribution in [1.29, 1.82) is 0 Å². The van der Waals surface area contributed by atoms with Crippen LogP contribution in [0, 0.1) is 0 Å². The van der Waals surface area contributed by atoms with E-state index in [2.05, 4.69) is 0 Å². The van der Waals surface area contributed by atoms with Crippen molar-refractivity contribution < 1.29 is 23.6 Å². The monoisotopic (exact) mass is 325 g/mol. The van der Waals surface area contributed by atoms with Gasteiger partial charge in [0.15, 0.2) is 0 Å². The van der Waals surface area contributed by atoms with Crippen molar-refractivity contribution in [1.82, 2.24) is 4.90 Å². The van der Waals surface area contributed by atoms with E-state index < -0.39 is 22.8 Å². The number of carbonyl (C=O) groups is 2. The number of carboxylic acids is 1. The summed E-state index contributed by atoms with van der Waals surface area (Å²) in [6.07, 6.45) is 1.48. The number of rotatable bonds is 5. The molecule has 7 heteroatoms. The zero-order valence-electron chi connectivity index (χ0n) is 12.4. The van der Waals surface area contributed by atoms with Crippen LogP contribution in [0.3, 0.4) is 0 Å². The molecule has 1 heterocycles. The molecule has 1 aromatic rings. The highest BCUT2D eigenvalue weighted by Crippen LogP contribution is 2.16. The van der Waals surface area contributed by atoms with E-state index in [9.17, 15) is 13.8 Å². The number of hydrogen-bond donors (Lipinski definition) is 1. The molecule has 1 aliphatic heterocycles. The molecule has 1 aromatic carbocycles. The van der Waals surface area contributed by atoms with Crippen LogP contribution in [0.4, 0.5) is 0 Å². The first-order valence-electron chi connectivity index (χ1n) is 6.97. The molecule has 1 N–H and O–H groups in total. The molecule has 2 atom stereocenters. The zero-order chi connectivity index (χ0) is 16.1. The first-order valence-corrected chi connectivity index (χ1v) is 8.69. The second-order valence-corrected chi connectivity index (χ2v) is 6.68. The minimum Gasteiger partial charge on any atom is -0.481 e. The van der Waals surface area contributed by atoms with Gasteiger partial charge in [-0.2, -0.15) is 0 Å². The molecule has 0 aromatic heterocycles. The molecule has 6 nitrogen and oxygen atoms in total. The highest BCUT2D eigenvalue weighted by Gasteiger charge is 2.29. The highest BCUT2D eigenvalue weighted by molar-refractivity contribution is 7.83. The molecule has 22 heavy (non-hydrogen) atoms. The van der Waals surface area contributed by atoms with Gasteiger partial charge in [0.25, 0.3) is 5.91 Å². The van der Waals surface area contributed by atoms with Gasteiger partial charge in [0.1, 0.15) is 0 Å². The Balaban J connectivity index is 2.17. The summed E-state index contributed by atoms with van der Waals surface area (Å²) in [5.74, 6) is -0.773. The Kier molecular flexibility index (Phi) is 5.68. The van der Waals surface area contributed by atoms with Crippen LogP contribution in [-0.2, 0) is 26.1 Å². The molecule has 2 rings (SSSR count). The molecule has 2 unspecified atom stereocenters. The Morgan fingerprint density at radius 2 is 2.23 bits per heavy atom. The van der Waals surface area contributed by atoms with Crippen LogP contribution in [0.1, 0.15) is 22.3 Å². The molecule has 0 spiro atoms. The summed E-state index contributed by atoms with van der Waals surface area (Å²) in [5.41, 5.74) is 1.31. The van der Waals surface area contributed by atoms with Gasteiger partial charge in [-0.1, -0.05) is 12.1 Å². The maximum absolute atomic E-state index is 12.6. The number of amides is 1. The van der Waals surface area contributed by atoms with E-state index in [0.717, 1.165) is 5.56 Å². The molecular formula is C15H19NO5S. The minimum absolute atomic E-state index is 0.135. The highest BCUT2D eigenvalue weighted by atomic mass is 32.2. The van der Waals surface area contributed by atoms with Gasteiger partial charge in [-0.15, -0.1) is 0 Å². The Labute approximate surface area is 131 Å². The second-order valence-electron chi connectivity index (χ2n) is 5.24. The van der Waals surface area contributed by atoms with Crippen molar-refractivity contribution in [2.45, 2.75) is 18.2 Å². The van der Waals surface area contributed by atoms with Gasteiger partial charge in [0.2, 0.25) is 0 Å². The average Bonchev–Trinajstić information content (AvgIpc) is 2.46. The molecule has 1 fully saturated rings. The van der Waals surface area contributed by atoms with Crippen molar-refractivity contribution in [3.8, 4) is 0 Å². The number of hydrogen-bond acceptors (Lipinski definition) is 4. The third kappa shape index (κ3) is 4.38. The Hall–Kier alpha value is -1.73. The molecular weight excluding hydrogens is 306 g/mol. The molecule has 1 saturated heterocycles. The standard InChI is InChI=1S/C15H19NO5S/c1-22(20)10-11-3-2-4-12(7-11)15(19)16-5-6-21-9-13(16)8-14(17)18/h2-4,7,13H,5-6,8-10H2,1H3,(H,17,18). The number of ether oxygens (including phenoxy) is 1. The maximum Gasteiger partial charge on any atom is 0.305 e.